The Labute approximate surface area is 144 Å². The van der Waals surface area contributed by atoms with Crippen LogP contribution in [0.5, 0.6) is 0 Å². The van der Waals surface area contributed by atoms with Crippen molar-refractivity contribution in [3.63, 3.8) is 0 Å². The van der Waals surface area contributed by atoms with E-state index in [2.05, 4.69) is 36.3 Å². The highest BCUT2D eigenvalue weighted by Crippen LogP contribution is 2.39. The molecule has 4 rings (SSSR count). The Balaban J connectivity index is 1.72. The summed E-state index contributed by atoms with van der Waals surface area (Å²) in [6.07, 6.45) is 3.94. The summed E-state index contributed by atoms with van der Waals surface area (Å²) < 4.78 is 2.47. The smallest absolute Gasteiger partial charge is 0.228 e. The summed E-state index contributed by atoms with van der Waals surface area (Å²) in [5, 5.41) is 9.39. The molecule has 0 spiro atoms. The van der Waals surface area contributed by atoms with E-state index in [1.807, 2.05) is 22.9 Å². The molecule has 5 nitrogen and oxygen atoms in total. The molecule has 22 heavy (non-hydrogen) atoms. The molecule has 0 bridgehead atoms. The first kappa shape index (κ1) is 14.2. The third-order valence-electron chi connectivity index (χ3n) is 3.50. The number of rotatable bonds is 3. The molecule has 0 unspecified atom stereocenters. The third kappa shape index (κ3) is 2.45. The molecule has 0 saturated heterocycles. The summed E-state index contributed by atoms with van der Waals surface area (Å²) in [5.41, 5.74) is 1.45. The lowest BCUT2D eigenvalue weighted by Gasteiger charge is -2.07. The summed E-state index contributed by atoms with van der Waals surface area (Å²) in [4.78, 5) is 8.85. The first-order valence-electron chi connectivity index (χ1n) is 6.75. The molecule has 2 heterocycles. The van der Waals surface area contributed by atoms with Gasteiger partial charge in [0.25, 0.3) is 0 Å². The number of anilines is 2. The fourth-order valence-electron chi connectivity index (χ4n) is 2.28. The largest absolute Gasteiger partial charge is 0.320 e. The maximum Gasteiger partial charge on any atom is 0.228 e. The zero-order chi connectivity index (χ0) is 15.3. The second-order valence-electron chi connectivity index (χ2n) is 5.12. The Hall–Kier alpha value is -1.37. The van der Waals surface area contributed by atoms with Crippen LogP contribution < -0.4 is 5.32 Å². The third-order valence-corrected chi connectivity index (χ3v) is 4.77. The zero-order valence-corrected chi connectivity index (χ0v) is 14.3. The summed E-state index contributed by atoms with van der Waals surface area (Å²) in [7, 11) is 0. The van der Waals surface area contributed by atoms with Crippen LogP contribution in [0, 0.1) is 0 Å². The quantitative estimate of drug-likeness (QED) is 0.632. The van der Waals surface area contributed by atoms with Gasteiger partial charge in [0.05, 0.1) is 33.9 Å². The van der Waals surface area contributed by atoms with Crippen LogP contribution in [-0.4, -0.2) is 19.7 Å². The second-order valence-corrected chi connectivity index (χ2v) is 6.64. The van der Waals surface area contributed by atoms with Crippen molar-refractivity contribution in [1.29, 1.82) is 0 Å². The van der Waals surface area contributed by atoms with Gasteiger partial charge in [-0.15, -0.1) is 0 Å². The Morgan fingerprint density at radius 2 is 2.05 bits per heavy atom. The van der Waals surface area contributed by atoms with Crippen molar-refractivity contribution in [2.24, 2.45) is 0 Å². The topological polar surface area (TPSA) is 55.6 Å². The zero-order valence-electron chi connectivity index (χ0n) is 11.2. The van der Waals surface area contributed by atoms with E-state index in [0.717, 1.165) is 23.7 Å². The van der Waals surface area contributed by atoms with E-state index in [1.165, 1.54) is 0 Å². The van der Waals surface area contributed by atoms with Crippen LogP contribution in [0.15, 0.2) is 29.0 Å². The van der Waals surface area contributed by atoms with Gasteiger partial charge in [-0.1, -0.05) is 29.3 Å². The number of hydrogen-bond donors (Lipinski definition) is 1. The molecule has 0 atom stereocenters. The van der Waals surface area contributed by atoms with Crippen LogP contribution in [0.2, 0.25) is 10.2 Å². The van der Waals surface area contributed by atoms with Crippen molar-refractivity contribution in [2.75, 3.05) is 5.32 Å². The average Bonchev–Trinajstić information content (AvgIpc) is 3.25. The highest BCUT2D eigenvalue weighted by Gasteiger charge is 2.27. The molecule has 1 aliphatic carbocycles. The summed E-state index contributed by atoms with van der Waals surface area (Å²) >= 11 is 16.0. The fraction of sp³-hybridized carbons (Fsp3) is 0.214. The van der Waals surface area contributed by atoms with E-state index in [4.69, 9.17) is 23.2 Å². The maximum absolute atomic E-state index is 6.34. The number of halogens is 3. The highest BCUT2D eigenvalue weighted by atomic mass is 79.9. The Kier molecular flexibility index (Phi) is 3.47. The van der Waals surface area contributed by atoms with Crippen molar-refractivity contribution in [3.8, 4) is 0 Å². The van der Waals surface area contributed by atoms with Crippen LogP contribution >= 0.6 is 39.1 Å². The first-order valence-corrected chi connectivity index (χ1v) is 8.30. The Morgan fingerprint density at radius 3 is 2.82 bits per heavy atom. The minimum atomic E-state index is 0.422. The van der Waals surface area contributed by atoms with Crippen molar-refractivity contribution in [1.82, 2.24) is 19.7 Å². The molecule has 0 aliphatic heterocycles. The van der Waals surface area contributed by atoms with Gasteiger partial charge in [-0.3, -0.25) is 0 Å². The lowest BCUT2D eigenvalue weighted by molar-refractivity contribution is 0.643. The van der Waals surface area contributed by atoms with Gasteiger partial charge in [0.1, 0.15) is 4.60 Å². The lowest BCUT2D eigenvalue weighted by atomic mass is 10.2. The van der Waals surface area contributed by atoms with Crippen LogP contribution in [0.4, 0.5) is 11.6 Å². The first-order chi connectivity index (χ1) is 10.6. The van der Waals surface area contributed by atoms with Crippen molar-refractivity contribution >= 4 is 61.7 Å². The number of nitrogens with zero attached hydrogens (tertiary/aromatic N) is 4. The van der Waals surface area contributed by atoms with Gasteiger partial charge in [0.2, 0.25) is 5.95 Å². The van der Waals surface area contributed by atoms with E-state index in [-0.39, 0.29) is 0 Å². The summed E-state index contributed by atoms with van der Waals surface area (Å²) in [6, 6.07) is 5.97. The van der Waals surface area contributed by atoms with Crippen LogP contribution in [0.3, 0.4) is 0 Å². The van der Waals surface area contributed by atoms with Crippen LogP contribution in [0.1, 0.15) is 18.9 Å². The lowest BCUT2D eigenvalue weighted by Crippen LogP contribution is -1.99. The summed E-state index contributed by atoms with van der Waals surface area (Å²) in [5.74, 6) is 0.443. The highest BCUT2D eigenvalue weighted by molar-refractivity contribution is 9.10. The fourth-order valence-corrected chi connectivity index (χ4v) is 3.51. The van der Waals surface area contributed by atoms with E-state index < -0.39 is 0 Å². The van der Waals surface area contributed by atoms with Crippen molar-refractivity contribution in [2.45, 2.75) is 18.9 Å². The standard InChI is InChI=1S/C14H10BrCl2N5/c15-12-11-8(16)2-1-3-9(11)19-14(21-12)20-10-6-18-22(13(10)17)7-4-5-7/h1-3,6-7H,4-5H2,(H,19,20,21). The number of benzene rings is 1. The van der Waals surface area contributed by atoms with Crippen molar-refractivity contribution in [3.05, 3.63) is 39.2 Å². The van der Waals surface area contributed by atoms with Gasteiger partial charge in [0.15, 0.2) is 5.15 Å². The molecule has 1 fully saturated rings. The van der Waals surface area contributed by atoms with E-state index in [1.54, 1.807) is 6.20 Å². The molecular formula is C14H10BrCl2N5. The Bertz CT molecular complexity index is 875. The van der Waals surface area contributed by atoms with Crippen molar-refractivity contribution < 1.29 is 0 Å². The number of fused-ring (bicyclic) bond motifs is 1. The average molecular weight is 399 g/mol. The second kappa shape index (κ2) is 5.37. The molecule has 3 aromatic rings. The van der Waals surface area contributed by atoms with Gasteiger partial charge < -0.3 is 5.32 Å². The minimum Gasteiger partial charge on any atom is -0.320 e. The molecule has 1 N–H and O–H groups in total. The molecule has 1 saturated carbocycles. The number of nitrogens with one attached hydrogen (secondary N) is 1. The van der Waals surface area contributed by atoms with Gasteiger partial charge >= 0.3 is 0 Å². The number of hydrogen-bond acceptors (Lipinski definition) is 4. The molecule has 0 amide bonds. The summed E-state index contributed by atoms with van der Waals surface area (Å²) in [6.45, 7) is 0. The van der Waals surface area contributed by atoms with E-state index >= 15 is 0 Å². The van der Waals surface area contributed by atoms with Gasteiger partial charge in [-0.05, 0) is 40.9 Å². The van der Waals surface area contributed by atoms with Crippen LogP contribution in [0.25, 0.3) is 10.9 Å². The predicted molar refractivity (Wildman–Crippen MR) is 91.0 cm³/mol. The predicted octanol–water partition coefficient (Wildman–Crippen LogP) is 4.97. The minimum absolute atomic E-state index is 0.422. The molecule has 0 radical (unpaired) electrons. The molecule has 1 aliphatic rings. The molecule has 1 aromatic carbocycles. The monoisotopic (exact) mass is 397 g/mol. The van der Waals surface area contributed by atoms with E-state index in [9.17, 15) is 0 Å². The molecule has 112 valence electrons. The van der Waals surface area contributed by atoms with Crippen LogP contribution in [-0.2, 0) is 0 Å². The number of aromatic nitrogens is 4. The van der Waals surface area contributed by atoms with Gasteiger partial charge in [-0.2, -0.15) is 5.10 Å². The van der Waals surface area contributed by atoms with E-state index in [0.29, 0.717) is 32.5 Å². The molecule has 2 aromatic heterocycles. The maximum atomic E-state index is 6.34. The molecular weight excluding hydrogens is 389 g/mol. The molecule has 8 heteroatoms. The normalized spacial score (nSPS) is 14.5. The van der Waals surface area contributed by atoms with Gasteiger partial charge in [-0.25, -0.2) is 14.6 Å². The van der Waals surface area contributed by atoms with Gasteiger partial charge in [0, 0.05) is 0 Å². The Morgan fingerprint density at radius 1 is 1.23 bits per heavy atom. The SMILES string of the molecule is Clc1cccc2nc(Nc3cnn(C4CC4)c3Cl)nc(Br)c12.